The van der Waals surface area contributed by atoms with Crippen molar-refractivity contribution in [1.82, 2.24) is 10.3 Å². The van der Waals surface area contributed by atoms with Crippen molar-refractivity contribution >= 4 is 5.91 Å². The molecule has 6 heteroatoms. The first-order valence-electron chi connectivity index (χ1n) is 7.56. The first-order valence-corrected chi connectivity index (χ1v) is 7.56. The highest BCUT2D eigenvalue weighted by Crippen LogP contribution is 2.21. The maximum Gasteiger partial charge on any atom is 0.220 e. The molecule has 124 valence electrons. The molecule has 1 atom stereocenters. The maximum atomic E-state index is 11.8. The smallest absolute Gasteiger partial charge is 0.220 e. The van der Waals surface area contributed by atoms with Crippen LogP contribution in [0.25, 0.3) is 0 Å². The summed E-state index contributed by atoms with van der Waals surface area (Å²) in [6, 6.07) is 7.10. The van der Waals surface area contributed by atoms with Gasteiger partial charge in [-0.2, -0.15) is 0 Å². The summed E-state index contributed by atoms with van der Waals surface area (Å²) in [6.07, 6.45) is 4.21. The third-order valence-electron chi connectivity index (χ3n) is 3.35. The molecule has 2 N–H and O–H groups in total. The van der Waals surface area contributed by atoms with Crippen LogP contribution in [0.3, 0.4) is 0 Å². The molecule has 1 unspecified atom stereocenters. The lowest BCUT2D eigenvalue weighted by molar-refractivity contribution is -0.122. The second-order valence-electron chi connectivity index (χ2n) is 5.60. The van der Waals surface area contributed by atoms with Crippen LogP contribution in [0.4, 0.5) is 0 Å². The number of carbonyl (C=O) groups excluding carboxylic acids is 1. The van der Waals surface area contributed by atoms with Gasteiger partial charge in [0, 0.05) is 12.6 Å². The Bertz CT molecular complexity index is 623. The van der Waals surface area contributed by atoms with Gasteiger partial charge in [0.05, 0.1) is 19.3 Å². The van der Waals surface area contributed by atoms with E-state index in [1.807, 2.05) is 6.07 Å². The first-order chi connectivity index (χ1) is 11.0. The van der Waals surface area contributed by atoms with E-state index in [-0.39, 0.29) is 12.5 Å². The number of pyridine rings is 1. The molecular formula is C17H22N2O4. The molecule has 0 aliphatic carbocycles. The van der Waals surface area contributed by atoms with Crippen LogP contribution in [-0.4, -0.2) is 29.1 Å². The number of aryl methyl sites for hydroxylation is 1. The minimum Gasteiger partial charge on any atom is -0.492 e. The molecule has 0 fully saturated rings. The van der Waals surface area contributed by atoms with Crippen molar-refractivity contribution in [1.29, 1.82) is 0 Å². The summed E-state index contributed by atoms with van der Waals surface area (Å²) < 4.78 is 10.9. The lowest BCUT2D eigenvalue weighted by Gasteiger charge is -2.21. The second kappa shape index (κ2) is 7.78. The van der Waals surface area contributed by atoms with E-state index in [9.17, 15) is 9.90 Å². The molecule has 0 saturated carbocycles. The van der Waals surface area contributed by atoms with Crippen molar-refractivity contribution in [3.63, 3.8) is 0 Å². The lowest BCUT2D eigenvalue weighted by Crippen LogP contribution is -2.38. The largest absolute Gasteiger partial charge is 0.492 e. The Hall–Kier alpha value is -2.34. The van der Waals surface area contributed by atoms with Gasteiger partial charge in [-0.25, -0.2) is 0 Å². The highest BCUT2D eigenvalue weighted by Gasteiger charge is 2.27. The molecular weight excluding hydrogens is 296 g/mol. The van der Waals surface area contributed by atoms with E-state index in [4.69, 9.17) is 9.15 Å². The van der Waals surface area contributed by atoms with E-state index in [0.29, 0.717) is 31.0 Å². The van der Waals surface area contributed by atoms with Crippen LogP contribution in [0.1, 0.15) is 31.3 Å². The minimum atomic E-state index is -1.23. The van der Waals surface area contributed by atoms with Gasteiger partial charge in [-0.1, -0.05) is 0 Å². The van der Waals surface area contributed by atoms with Crippen LogP contribution in [0.5, 0.6) is 5.75 Å². The number of rotatable bonds is 8. The average molecular weight is 318 g/mol. The molecule has 2 rings (SSSR count). The fourth-order valence-electron chi connectivity index (χ4n) is 2.03. The Morgan fingerprint density at radius 1 is 1.43 bits per heavy atom. The predicted octanol–water partition coefficient (Wildman–Crippen LogP) is 2.17. The molecule has 0 bridgehead atoms. The summed E-state index contributed by atoms with van der Waals surface area (Å²) in [4.78, 5) is 15.8. The van der Waals surface area contributed by atoms with Gasteiger partial charge in [0.15, 0.2) is 0 Å². The number of nitrogens with zero attached hydrogens (tertiary/aromatic N) is 1. The molecule has 0 aliphatic heterocycles. The molecule has 0 saturated heterocycles. The Morgan fingerprint density at radius 2 is 2.26 bits per heavy atom. The number of ether oxygens (including phenoxy) is 1. The third kappa shape index (κ3) is 5.41. The van der Waals surface area contributed by atoms with E-state index < -0.39 is 5.60 Å². The summed E-state index contributed by atoms with van der Waals surface area (Å²) in [5.41, 5.74) is -1.23. The van der Waals surface area contributed by atoms with Crippen LogP contribution in [0.15, 0.2) is 41.1 Å². The molecule has 2 heterocycles. The van der Waals surface area contributed by atoms with Crippen molar-refractivity contribution in [2.45, 2.75) is 32.3 Å². The van der Waals surface area contributed by atoms with Crippen molar-refractivity contribution < 1.29 is 19.1 Å². The average Bonchev–Trinajstić information content (AvgIpc) is 2.98. The molecule has 0 spiro atoms. The molecule has 2 aromatic rings. The summed E-state index contributed by atoms with van der Waals surface area (Å²) in [5.74, 6) is 1.71. The fraction of sp³-hybridized carbons (Fsp3) is 0.412. The zero-order valence-corrected chi connectivity index (χ0v) is 13.4. The predicted molar refractivity (Wildman–Crippen MR) is 85.0 cm³/mol. The third-order valence-corrected chi connectivity index (χ3v) is 3.35. The number of furan rings is 1. The molecule has 0 radical (unpaired) electrons. The molecule has 1 amide bonds. The molecule has 0 aliphatic rings. The number of aliphatic hydroxyl groups is 1. The fourth-order valence-corrected chi connectivity index (χ4v) is 2.03. The number of amides is 1. The number of hydrogen-bond acceptors (Lipinski definition) is 5. The summed E-state index contributed by atoms with van der Waals surface area (Å²) in [5, 5.41) is 13.0. The Labute approximate surface area is 135 Å². The van der Waals surface area contributed by atoms with Gasteiger partial charge in [-0.15, -0.1) is 0 Å². The van der Waals surface area contributed by atoms with Gasteiger partial charge < -0.3 is 19.6 Å². The van der Waals surface area contributed by atoms with Crippen LogP contribution >= 0.6 is 0 Å². The molecule has 0 aromatic carbocycles. The summed E-state index contributed by atoms with van der Waals surface area (Å²) in [6.45, 7) is 3.95. The maximum absolute atomic E-state index is 11.8. The van der Waals surface area contributed by atoms with E-state index >= 15 is 0 Å². The van der Waals surface area contributed by atoms with Crippen LogP contribution < -0.4 is 10.1 Å². The number of hydrogen-bond donors (Lipinski definition) is 2. The Balaban J connectivity index is 1.67. The van der Waals surface area contributed by atoms with Gasteiger partial charge in [-0.3, -0.25) is 9.78 Å². The normalized spacial score (nSPS) is 13.3. The Kier molecular flexibility index (Phi) is 5.76. The SMILES string of the molecule is Cc1ccc(C(C)(O)CNC(=O)CCCOc2cccnc2)o1. The van der Waals surface area contributed by atoms with Gasteiger partial charge >= 0.3 is 0 Å². The first kappa shape index (κ1) is 17.0. The Morgan fingerprint density at radius 3 is 2.91 bits per heavy atom. The molecule has 6 nitrogen and oxygen atoms in total. The van der Waals surface area contributed by atoms with Gasteiger partial charge in [0.1, 0.15) is 22.9 Å². The number of carbonyl (C=O) groups is 1. The van der Waals surface area contributed by atoms with E-state index in [2.05, 4.69) is 10.3 Å². The van der Waals surface area contributed by atoms with Crippen molar-refractivity contribution in [2.75, 3.05) is 13.2 Å². The van der Waals surface area contributed by atoms with Gasteiger partial charge in [-0.05, 0) is 44.5 Å². The summed E-state index contributed by atoms with van der Waals surface area (Å²) >= 11 is 0. The highest BCUT2D eigenvalue weighted by atomic mass is 16.5. The van der Waals surface area contributed by atoms with Gasteiger partial charge in [0.2, 0.25) is 5.91 Å². The minimum absolute atomic E-state index is 0.0995. The number of aromatic nitrogens is 1. The zero-order chi connectivity index (χ0) is 16.7. The zero-order valence-electron chi connectivity index (χ0n) is 13.4. The van der Waals surface area contributed by atoms with Crippen LogP contribution in [0, 0.1) is 6.92 Å². The van der Waals surface area contributed by atoms with E-state index in [0.717, 1.165) is 5.76 Å². The topological polar surface area (TPSA) is 84.6 Å². The van der Waals surface area contributed by atoms with Crippen molar-refractivity contribution in [3.8, 4) is 5.75 Å². The van der Waals surface area contributed by atoms with Crippen LogP contribution in [-0.2, 0) is 10.4 Å². The van der Waals surface area contributed by atoms with Gasteiger partial charge in [0.25, 0.3) is 0 Å². The molecule has 23 heavy (non-hydrogen) atoms. The molecule has 2 aromatic heterocycles. The van der Waals surface area contributed by atoms with E-state index in [1.54, 1.807) is 44.4 Å². The number of nitrogens with one attached hydrogen (secondary N) is 1. The van der Waals surface area contributed by atoms with Crippen LogP contribution in [0.2, 0.25) is 0 Å². The standard InChI is InChI=1S/C17H22N2O4/c1-13-7-8-15(23-13)17(2,21)12-19-16(20)6-4-10-22-14-5-3-9-18-11-14/h3,5,7-9,11,21H,4,6,10,12H2,1-2H3,(H,19,20). The summed E-state index contributed by atoms with van der Waals surface area (Å²) in [7, 11) is 0. The second-order valence-corrected chi connectivity index (χ2v) is 5.60. The van der Waals surface area contributed by atoms with Crippen molar-refractivity contribution in [2.24, 2.45) is 0 Å². The van der Waals surface area contributed by atoms with E-state index in [1.165, 1.54) is 0 Å². The quantitative estimate of drug-likeness (QED) is 0.729. The van der Waals surface area contributed by atoms with Crippen molar-refractivity contribution in [3.05, 3.63) is 48.2 Å². The lowest BCUT2D eigenvalue weighted by atomic mass is 10.0. The highest BCUT2D eigenvalue weighted by molar-refractivity contribution is 5.75. The monoisotopic (exact) mass is 318 g/mol.